The zero-order valence-corrected chi connectivity index (χ0v) is 18.0. The van der Waals surface area contributed by atoms with Gasteiger partial charge in [0.05, 0.1) is 19.9 Å². The minimum Gasteiger partial charge on any atom is -0.504 e. The van der Waals surface area contributed by atoms with Crippen molar-refractivity contribution in [1.82, 2.24) is 19.1 Å². The summed E-state index contributed by atoms with van der Waals surface area (Å²) in [7, 11) is 2.92. The summed E-state index contributed by atoms with van der Waals surface area (Å²) in [4.78, 5) is 34.7. The van der Waals surface area contributed by atoms with E-state index in [1.807, 2.05) is 0 Å². The van der Waals surface area contributed by atoms with Crippen LogP contribution in [0.15, 0.2) is 59.9 Å². The molecule has 0 aliphatic heterocycles. The van der Waals surface area contributed by atoms with Crippen molar-refractivity contribution in [2.75, 3.05) is 14.2 Å². The molecule has 4 aromatic rings. The largest absolute Gasteiger partial charge is 0.504 e. The van der Waals surface area contributed by atoms with Crippen molar-refractivity contribution >= 4 is 17.1 Å². The standard InChI is InChI=1S/C23H21N5O5/c1-4-11-27-19-18(20(24)30)25-21(13-9-10-17(33-3)15(29)12-13)26-22(19)28(23(27)31)14-7-5-6-8-16(14)32-2/h4-10,12,29H,1,11H2,2-3H3,(H2,24,30). The maximum atomic E-state index is 13.5. The molecule has 33 heavy (non-hydrogen) atoms. The number of imidazole rings is 1. The van der Waals surface area contributed by atoms with E-state index in [1.165, 1.54) is 35.5 Å². The minimum atomic E-state index is -0.837. The first-order valence-corrected chi connectivity index (χ1v) is 9.86. The highest BCUT2D eigenvalue weighted by molar-refractivity contribution is 6.02. The smallest absolute Gasteiger partial charge is 0.335 e. The van der Waals surface area contributed by atoms with Gasteiger partial charge in [-0.1, -0.05) is 18.2 Å². The van der Waals surface area contributed by atoms with E-state index in [1.54, 1.807) is 36.4 Å². The normalized spacial score (nSPS) is 10.8. The Bertz CT molecular complexity index is 1450. The van der Waals surface area contributed by atoms with Crippen LogP contribution < -0.4 is 20.9 Å². The molecule has 1 amide bonds. The monoisotopic (exact) mass is 447 g/mol. The van der Waals surface area contributed by atoms with Gasteiger partial charge < -0.3 is 20.3 Å². The van der Waals surface area contributed by atoms with Gasteiger partial charge in [0.15, 0.2) is 28.7 Å². The quantitative estimate of drug-likeness (QED) is 0.415. The lowest BCUT2D eigenvalue weighted by Crippen LogP contribution is -2.24. The van der Waals surface area contributed by atoms with E-state index >= 15 is 0 Å². The number of allylic oxidation sites excluding steroid dienone is 1. The molecule has 10 heteroatoms. The van der Waals surface area contributed by atoms with E-state index in [-0.39, 0.29) is 40.7 Å². The second-order valence-electron chi connectivity index (χ2n) is 7.01. The summed E-state index contributed by atoms with van der Waals surface area (Å²) >= 11 is 0. The summed E-state index contributed by atoms with van der Waals surface area (Å²) in [6.07, 6.45) is 1.52. The van der Waals surface area contributed by atoms with Crippen molar-refractivity contribution in [3.05, 3.63) is 71.3 Å². The number of rotatable bonds is 7. The Morgan fingerprint density at radius 1 is 1.15 bits per heavy atom. The molecule has 0 aliphatic rings. The number of nitrogens with two attached hydrogens (primary N) is 1. The Kier molecular flexibility index (Phi) is 5.57. The van der Waals surface area contributed by atoms with Gasteiger partial charge >= 0.3 is 5.69 Å². The van der Waals surface area contributed by atoms with Crippen LogP contribution in [0.2, 0.25) is 0 Å². The molecule has 0 spiro atoms. The molecular formula is C23H21N5O5. The first-order valence-electron chi connectivity index (χ1n) is 9.86. The predicted octanol–water partition coefficient (Wildman–Crippen LogP) is 2.26. The number of fused-ring (bicyclic) bond motifs is 1. The number of hydrogen-bond donors (Lipinski definition) is 2. The molecule has 0 aliphatic carbocycles. The van der Waals surface area contributed by atoms with E-state index < -0.39 is 11.6 Å². The number of aromatic hydroxyl groups is 1. The number of primary amides is 1. The molecule has 4 rings (SSSR count). The highest BCUT2D eigenvalue weighted by Crippen LogP contribution is 2.32. The highest BCUT2D eigenvalue weighted by atomic mass is 16.5. The van der Waals surface area contributed by atoms with E-state index in [0.717, 1.165) is 0 Å². The topological polar surface area (TPSA) is 134 Å². The number of aromatic nitrogens is 4. The molecule has 2 aromatic heterocycles. The van der Waals surface area contributed by atoms with E-state index in [2.05, 4.69) is 16.5 Å². The molecule has 0 atom stereocenters. The lowest BCUT2D eigenvalue weighted by molar-refractivity contribution is 0.0997. The van der Waals surface area contributed by atoms with Gasteiger partial charge in [0.2, 0.25) is 0 Å². The Hall–Kier alpha value is -4.60. The molecular weight excluding hydrogens is 426 g/mol. The molecule has 168 valence electrons. The lowest BCUT2D eigenvalue weighted by atomic mass is 10.1. The Balaban J connectivity index is 2.13. The lowest BCUT2D eigenvalue weighted by Gasteiger charge is -2.10. The van der Waals surface area contributed by atoms with Crippen molar-refractivity contribution in [3.8, 4) is 34.3 Å². The number of benzene rings is 2. The number of methoxy groups -OCH3 is 2. The second-order valence-corrected chi connectivity index (χ2v) is 7.01. The first-order chi connectivity index (χ1) is 15.9. The SMILES string of the molecule is C=CCn1c(=O)n(-c2ccccc2OC)c2nc(-c3ccc(OC)c(O)c3)nc(C(N)=O)c21. The fraction of sp³-hybridized carbons (Fsp3) is 0.130. The van der Waals surface area contributed by atoms with Crippen LogP contribution in [-0.2, 0) is 6.54 Å². The summed E-state index contributed by atoms with van der Waals surface area (Å²) in [5, 5.41) is 10.2. The molecule has 10 nitrogen and oxygen atoms in total. The van der Waals surface area contributed by atoms with Crippen molar-refractivity contribution < 1.29 is 19.4 Å². The van der Waals surface area contributed by atoms with Crippen LogP contribution >= 0.6 is 0 Å². The van der Waals surface area contributed by atoms with Gasteiger partial charge in [0, 0.05) is 12.1 Å². The number of carbonyl (C=O) groups is 1. The van der Waals surface area contributed by atoms with Crippen molar-refractivity contribution in [3.63, 3.8) is 0 Å². The first kappa shape index (κ1) is 21.6. The Morgan fingerprint density at radius 2 is 1.88 bits per heavy atom. The van der Waals surface area contributed by atoms with Gasteiger partial charge in [-0.15, -0.1) is 6.58 Å². The minimum absolute atomic E-state index is 0.0913. The summed E-state index contributed by atoms with van der Waals surface area (Å²) in [5.41, 5.74) is 6.18. The van der Waals surface area contributed by atoms with Crippen LogP contribution in [0.25, 0.3) is 28.2 Å². The van der Waals surface area contributed by atoms with Crippen molar-refractivity contribution in [1.29, 1.82) is 0 Å². The third-order valence-corrected chi connectivity index (χ3v) is 5.08. The third-order valence-electron chi connectivity index (χ3n) is 5.08. The molecule has 0 radical (unpaired) electrons. The molecule has 0 bridgehead atoms. The van der Waals surface area contributed by atoms with Crippen LogP contribution in [0.4, 0.5) is 0 Å². The number of hydrogen-bond acceptors (Lipinski definition) is 7. The number of phenols is 1. The molecule has 0 fully saturated rings. The summed E-state index contributed by atoms with van der Waals surface area (Å²) in [5.74, 6) is -0.186. The van der Waals surface area contributed by atoms with Crippen molar-refractivity contribution in [2.24, 2.45) is 5.73 Å². The molecule has 0 saturated heterocycles. The number of nitrogens with zero attached hydrogens (tertiary/aromatic N) is 4. The van der Waals surface area contributed by atoms with Gasteiger partial charge in [-0.2, -0.15) is 0 Å². The molecule has 2 heterocycles. The highest BCUT2D eigenvalue weighted by Gasteiger charge is 2.25. The van der Waals surface area contributed by atoms with Gasteiger partial charge in [-0.3, -0.25) is 9.36 Å². The Labute approximate surface area is 188 Å². The number of phenolic OH excluding ortho intramolecular Hbond substituents is 1. The number of para-hydroxylation sites is 2. The van der Waals surface area contributed by atoms with E-state index in [0.29, 0.717) is 17.0 Å². The fourth-order valence-corrected chi connectivity index (χ4v) is 3.61. The predicted molar refractivity (Wildman–Crippen MR) is 122 cm³/mol. The Morgan fingerprint density at radius 3 is 2.52 bits per heavy atom. The number of amides is 1. The zero-order chi connectivity index (χ0) is 23.7. The average molecular weight is 447 g/mol. The summed E-state index contributed by atoms with van der Waals surface area (Å²) in [6, 6.07) is 11.5. The molecule has 0 unspecified atom stereocenters. The third kappa shape index (κ3) is 3.57. The maximum absolute atomic E-state index is 13.5. The molecule has 0 saturated carbocycles. The molecule has 2 aromatic carbocycles. The summed E-state index contributed by atoms with van der Waals surface area (Å²) < 4.78 is 13.2. The van der Waals surface area contributed by atoms with E-state index in [9.17, 15) is 14.7 Å². The van der Waals surface area contributed by atoms with Crippen LogP contribution in [0.1, 0.15) is 10.5 Å². The van der Waals surface area contributed by atoms with Crippen LogP contribution in [0.3, 0.4) is 0 Å². The zero-order valence-electron chi connectivity index (χ0n) is 18.0. The molecule has 3 N–H and O–H groups in total. The number of ether oxygens (including phenoxy) is 2. The maximum Gasteiger partial charge on any atom is 0.335 e. The fourth-order valence-electron chi connectivity index (χ4n) is 3.61. The number of carbonyl (C=O) groups excluding carboxylic acids is 1. The summed E-state index contributed by atoms with van der Waals surface area (Å²) in [6.45, 7) is 3.80. The van der Waals surface area contributed by atoms with E-state index in [4.69, 9.17) is 15.2 Å². The van der Waals surface area contributed by atoms with Gasteiger partial charge in [-0.05, 0) is 30.3 Å². The van der Waals surface area contributed by atoms with Crippen LogP contribution in [0.5, 0.6) is 17.2 Å². The second kappa shape index (κ2) is 8.50. The van der Waals surface area contributed by atoms with Gasteiger partial charge in [0.25, 0.3) is 5.91 Å². The average Bonchev–Trinajstić information content (AvgIpc) is 3.09. The van der Waals surface area contributed by atoms with Gasteiger partial charge in [0.1, 0.15) is 11.3 Å². The van der Waals surface area contributed by atoms with Crippen LogP contribution in [-0.4, -0.2) is 44.3 Å². The van der Waals surface area contributed by atoms with Crippen molar-refractivity contribution in [2.45, 2.75) is 6.54 Å². The van der Waals surface area contributed by atoms with Gasteiger partial charge in [-0.25, -0.2) is 19.3 Å². The van der Waals surface area contributed by atoms with Crippen LogP contribution in [0, 0.1) is 0 Å².